The van der Waals surface area contributed by atoms with Crippen LogP contribution < -0.4 is 5.32 Å². The molecule has 29 heavy (non-hydrogen) atoms. The van der Waals surface area contributed by atoms with E-state index in [2.05, 4.69) is 26.2 Å². The van der Waals surface area contributed by atoms with Gasteiger partial charge in [0.1, 0.15) is 16.2 Å². The van der Waals surface area contributed by atoms with Crippen LogP contribution in [-0.4, -0.2) is 52.3 Å². The van der Waals surface area contributed by atoms with Gasteiger partial charge in [-0.05, 0) is 57.9 Å². The lowest BCUT2D eigenvalue weighted by Gasteiger charge is -2.37. The molecule has 1 amide bonds. The van der Waals surface area contributed by atoms with Gasteiger partial charge in [-0.15, -0.1) is 0 Å². The molecule has 2 N–H and O–H groups in total. The van der Waals surface area contributed by atoms with Crippen molar-refractivity contribution in [3.8, 4) is 0 Å². The predicted molar refractivity (Wildman–Crippen MR) is 117 cm³/mol. The van der Waals surface area contributed by atoms with Crippen molar-refractivity contribution in [1.29, 1.82) is 0 Å². The summed E-state index contributed by atoms with van der Waals surface area (Å²) in [4.78, 5) is 29.5. The van der Waals surface area contributed by atoms with Gasteiger partial charge in [-0.2, -0.15) is 0 Å². The van der Waals surface area contributed by atoms with Crippen LogP contribution in [0.25, 0.3) is 10.9 Å². The molecule has 5 rings (SSSR count). The fourth-order valence-corrected chi connectivity index (χ4v) is 5.14. The molecule has 1 saturated carbocycles. The smallest absolute Gasteiger partial charge is 0.407 e. The summed E-state index contributed by atoms with van der Waals surface area (Å²) in [6.07, 6.45) is -0.234. The van der Waals surface area contributed by atoms with E-state index in [1.807, 2.05) is 22.6 Å². The number of esters is 1. The number of carbonyl (C=O) groups is 2. The molecule has 2 bridgehead atoms. The van der Waals surface area contributed by atoms with E-state index in [0.29, 0.717) is 21.2 Å². The molecule has 3 fully saturated rings. The number of hydrogen-bond donors (Lipinski definition) is 2. The Morgan fingerprint density at radius 1 is 1.55 bits per heavy atom. The minimum absolute atomic E-state index is 0.0135. The molecule has 154 valence electrons. The first-order valence-electron chi connectivity index (χ1n) is 8.84. The van der Waals surface area contributed by atoms with Crippen LogP contribution in [0.2, 0.25) is 5.15 Å². The van der Waals surface area contributed by atoms with Gasteiger partial charge in [0, 0.05) is 21.4 Å². The molecule has 0 radical (unpaired) electrons. The van der Waals surface area contributed by atoms with Crippen molar-refractivity contribution in [2.45, 2.75) is 25.4 Å². The molecule has 3 atom stereocenters. The zero-order chi connectivity index (χ0) is 21.0. The molecule has 1 aromatic heterocycles. The minimum Gasteiger partial charge on any atom is -0.465 e. The lowest BCUT2D eigenvalue weighted by Crippen LogP contribution is -2.49. The van der Waals surface area contributed by atoms with Crippen LogP contribution in [0.15, 0.2) is 10.5 Å². The number of pyridine rings is 1. The Morgan fingerprint density at radius 3 is 2.90 bits per heavy atom. The summed E-state index contributed by atoms with van der Waals surface area (Å²) in [5, 5.41) is 12.8. The Labute approximate surface area is 192 Å². The summed E-state index contributed by atoms with van der Waals surface area (Å²) in [5.74, 6) is -1.15. The van der Waals surface area contributed by atoms with Crippen molar-refractivity contribution in [2.75, 3.05) is 18.5 Å². The van der Waals surface area contributed by atoms with Crippen molar-refractivity contribution < 1.29 is 23.8 Å². The van der Waals surface area contributed by atoms with Gasteiger partial charge in [-0.1, -0.05) is 11.6 Å². The highest BCUT2D eigenvalue weighted by Crippen LogP contribution is 2.45. The second-order valence-corrected chi connectivity index (χ2v) is 9.24. The van der Waals surface area contributed by atoms with E-state index in [-0.39, 0.29) is 45.3 Å². The molecular weight excluding hydrogens is 583 g/mol. The van der Waals surface area contributed by atoms with Crippen LogP contribution in [-0.2, 0) is 4.74 Å². The standard InChI is InChI=1S/C18H15BrClFIN3O4/c1-2-29-17(26)10-14(23-13-6-3-9(13)25(5-6)18(27)28)7-4-8(22)11(19)12(21)15(7)24-16(10)20/h4,6,9,13H,2-3,5H2,1H3,(H,23,24)(H,27,28)/t6-,9-,13+/m1/s1. The maximum Gasteiger partial charge on any atom is 0.407 e. The van der Waals surface area contributed by atoms with Gasteiger partial charge in [0.2, 0.25) is 0 Å². The molecule has 11 heteroatoms. The minimum atomic E-state index is -0.977. The number of amides is 1. The molecule has 1 aromatic carbocycles. The van der Waals surface area contributed by atoms with Gasteiger partial charge in [-0.3, -0.25) is 0 Å². The number of nitrogens with one attached hydrogen (secondary N) is 1. The number of benzene rings is 1. The van der Waals surface area contributed by atoms with Gasteiger partial charge >= 0.3 is 12.1 Å². The Kier molecular flexibility index (Phi) is 5.53. The molecule has 7 nitrogen and oxygen atoms in total. The number of carbonyl (C=O) groups excluding carboxylic acids is 1. The maximum atomic E-state index is 14.9. The summed E-state index contributed by atoms with van der Waals surface area (Å²) in [7, 11) is 0. The number of fused-ring (bicyclic) bond motifs is 2. The zero-order valence-corrected chi connectivity index (χ0v) is 19.5. The predicted octanol–water partition coefficient (Wildman–Crippen LogP) is 4.73. The summed E-state index contributed by atoms with van der Waals surface area (Å²) in [6, 6.07) is 1.28. The van der Waals surface area contributed by atoms with Crippen molar-refractivity contribution in [3.05, 3.63) is 30.6 Å². The van der Waals surface area contributed by atoms with Gasteiger partial charge in [-0.25, -0.2) is 19.0 Å². The van der Waals surface area contributed by atoms with Gasteiger partial charge < -0.3 is 20.1 Å². The third-order valence-electron chi connectivity index (χ3n) is 5.41. The number of carboxylic acid groups (broad SMARTS) is 1. The number of anilines is 1. The molecule has 0 unspecified atom stereocenters. The van der Waals surface area contributed by atoms with Gasteiger partial charge in [0.25, 0.3) is 0 Å². The third kappa shape index (κ3) is 3.32. The van der Waals surface area contributed by atoms with Crippen LogP contribution in [0.3, 0.4) is 0 Å². The fourth-order valence-electron chi connectivity index (χ4n) is 4.04. The van der Waals surface area contributed by atoms with Crippen molar-refractivity contribution in [3.63, 3.8) is 0 Å². The van der Waals surface area contributed by atoms with Crippen LogP contribution in [0.5, 0.6) is 0 Å². The first kappa shape index (κ1) is 20.9. The average Bonchev–Trinajstić information content (AvgIpc) is 3.25. The molecule has 0 spiro atoms. The maximum absolute atomic E-state index is 14.9. The molecule has 2 aliphatic heterocycles. The van der Waals surface area contributed by atoms with Crippen LogP contribution >= 0.6 is 50.1 Å². The number of aromatic nitrogens is 1. The molecule has 1 aliphatic carbocycles. The largest absolute Gasteiger partial charge is 0.465 e. The lowest BCUT2D eigenvalue weighted by molar-refractivity contribution is 0.0527. The van der Waals surface area contributed by atoms with E-state index in [9.17, 15) is 19.1 Å². The van der Waals surface area contributed by atoms with E-state index >= 15 is 0 Å². The second-order valence-electron chi connectivity index (χ2n) is 6.92. The lowest BCUT2D eigenvalue weighted by atomic mass is 9.79. The van der Waals surface area contributed by atoms with E-state index in [1.54, 1.807) is 13.0 Å². The number of ether oxygens (including phenoxy) is 1. The average molecular weight is 599 g/mol. The SMILES string of the molecule is CCOC(=O)c1c(Cl)nc2c(F)c(Br)c(I)cc2c1N[C@H]1[C@@H]2C[C@H]1N(C(=O)O)C2. The Balaban J connectivity index is 1.87. The Morgan fingerprint density at radius 2 is 2.28 bits per heavy atom. The quantitative estimate of drug-likeness (QED) is 0.229. The van der Waals surface area contributed by atoms with E-state index in [1.165, 1.54) is 4.90 Å². The molecule has 3 aliphatic rings. The van der Waals surface area contributed by atoms with E-state index in [4.69, 9.17) is 16.3 Å². The topological polar surface area (TPSA) is 91.8 Å². The fraction of sp³-hybridized carbons (Fsp3) is 0.389. The zero-order valence-electron chi connectivity index (χ0n) is 15.0. The first-order valence-corrected chi connectivity index (χ1v) is 11.1. The summed E-state index contributed by atoms with van der Waals surface area (Å²) < 4.78 is 20.8. The highest BCUT2D eigenvalue weighted by molar-refractivity contribution is 14.1. The number of halogens is 4. The van der Waals surface area contributed by atoms with E-state index < -0.39 is 17.9 Å². The Hall–Kier alpha value is -1.40. The second kappa shape index (κ2) is 7.69. The normalized spacial score (nSPS) is 22.5. The van der Waals surface area contributed by atoms with Crippen molar-refractivity contribution in [2.24, 2.45) is 5.92 Å². The summed E-state index contributed by atoms with van der Waals surface area (Å²) in [6.45, 7) is 2.23. The molecular formula is C18H15BrClFIN3O4. The number of nitrogens with zero attached hydrogens (tertiary/aromatic N) is 2. The number of hydrogen-bond acceptors (Lipinski definition) is 5. The highest BCUT2D eigenvalue weighted by Gasteiger charge is 2.54. The molecule has 2 aromatic rings. The van der Waals surface area contributed by atoms with Crippen molar-refractivity contribution in [1.82, 2.24) is 9.88 Å². The third-order valence-corrected chi connectivity index (χ3v) is 8.05. The Bertz CT molecular complexity index is 1060. The van der Waals surface area contributed by atoms with Crippen LogP contribution in [0.4, 0.5) is 14.9 Å². The van der Waals surface area contributed by atoms with Crippen molar-refractivity contribution >= 4 is 78.8 Å². The monoisotopic (exact) mass is 597 g/mol. The number of rotatable bonds is 4. The first-order chi connectivity index (χ1) is 13.7. The van der Waals surface area contributed by atoms with Crippen LogP contribution in [0, 0.1) is 15.3 Å². The summed E-state index contributed by atoms with van der Waals surface area (Å²) in [5.41, 5.74) is 0.348. The van der Waals surface area contributed by atoms with Gasteiger partial charge in [0.05, 0.1) is 28.9 Å². The molecule has 3 heterocycles. The molecule has 2 saturated heterocycles. The van der Waals surface area contributed by atoms with Crippen LogP contribution in [0.1, 0.15) is 23.7 Å². The summed E-state index contributed by atoms with van der Waals surface area (Å²) >= 11 is 11.5. The highest BCUT2D eigenvalue weighted by atomic mass is 127. The van der Waals surface area contributed by atoms with E-state index in [0.717, 1.165) is 6.42 Å². The van der Waals surface area contributed by atoms with Gasteiger partial charge in [0.15, 0.2) is 5.82 Å².